The second-order valence-electron chi connectivity index (χ2n) is 2.89. The molecule has 0 aliphatic heterocycles. The van der Waals surface area contributed by atoms with E-state index in [4.69, 9.17) is 0 Å². The zero-order valence-corrected chi connectivity index (χ0v) is 7.28. The molecule has 0 atom stereocenters. The van der Waals surface area contributed by atoms with Gasteiger partial charge >= 0.3 is 0 Å². The number of rotatable bonds is 1. The van der Waals surface area contributed by atoms with Crippen molar-refractivity contribution in [1.82, 2.24) is 15.0 Å². The third-order valence-electron chi connectivity index (χ3n) is 2.08. The van der Waals surface area contributed by atoms with Crippen molar-refractivity contribution in [2.24, 2.45) is 7.05 Å². The largest absolute Gasteiger partial charge is 0.248 e. The molecule has 0 N–H and O–H groups in total. The van der Waals surface area contributed by atoms with Gasteiger partial charge in [0.1, 0.15) is 5.52 Å². The van der Waals surface area contributed by atoms with E-state index in [-0.39, 0.29) is 0 Å². The molecule has 62 valence electrons. The van der Waals surface area contributed by atoms with Crippen LogP contribution in [0.15, 0.2) is 18.2 Å². The van der Waals surface area contributed by atoms with Gasteiger partial charge in [0.25, 0.3) is 0 Å². The third kappa shape index (κ3) is 0.978. The molecule has 0 amide bonds. The Morgan fingerprint density at radius 2 is 2.25 bits per heavy atom. The van der Waals surface area contributed by atoms with Crippen LogP contribution in [0.4, 0.5) is 0 Å². The SMILES string of the molecule is CCc1ccc2c(c1)nnn2C. The normalized spacial score (nSPS) is 10.8. The zero-order valence-electron chi connectivity index (χ0n) is 7.28. The highest BCUT2D eigenvalue weighted by atomic mass is 15.4. The summed E-state index contributed by atoms with van der Waals surface area (Å²) >= 11 is 0. The number of hydrogen-bond donors (Lipinski definition) is 0. The maximum absolute atomic E-state index is 4.04. The molecule has 0 fully saturated rings. The van der Waals surface area contributed by atoms with Crippen LogP contribution in [-0.2, 0) is 13.5 Å². The number of nitrogens with zero attached hydrogens (tertiary/aromatic N) is 3. The van der Waals surface area contributed by atoms with E-state index >= 15 is 0 Å². The van der Waals surface area contributed by atoms with Crippen molar-refractivity contribution in [3.05, 3.63) is 23.8 Å². The van der Waals surface area contributed by atoms with Gasteiger partial charge in [0, 0.05) is 7.05 Å². The second kappa shape index (κ2) is 2.59. The highest BCUT2D eigenvalue weighted by Crippen LogP contribution is 2.12. The average Bonchev–Trinajstić information content (AvgIpc) is 2.47. The molecule has 12 heavy (non-hydrogen) atoms. The molecule has 0 spiro atoms. The molecule has 0 aliphatic rings. The van der Waals surface area contributed by atoms with Crippen LogP contribution in [0.1, 0.15) is 12.5 Å². The van der Waals surface area contributed by atoms with Crippen molar-refractivity contribution in [3.8, 4) is 0 Å². The van der Waals surface area contributed by atoms with E-state index in [9.17, 15) is 0 Å². The summed E-state index contributed by atoms with van der Waals surface area (Å²) in [6, 6.07) is 6.27. The summed E-state index contributed by atoms with van der Waals surface area (Å²) in [5.41, 5.74) is 3.38. The van der Waals surface area contributed by atoms with Crippen molar-refractivity contribution < 1.29 is 0 Å². The topological polar surface area (TPSA) is 30.7 Å². The van der Waals surface area contributed by atoms with Crippen molar-refractivity contribution >= 4 is 11.0 Å². The smallest absolute Gasteiger partial charge is 0.113 e. The van der Waals surface area contributed by atoms with Crippen molar-refractivity contribution in [3.63, 3.8) is 0 Å². The van der Waals surface area contributed by atoms with E-state index < -0.39 is 0 Å². The minimum atomic E-state index is 0.983. The number of aromatic nitrogens is 3. The fraction of sp³-hybridized carbons (Fsp3) is 0.333. The molecule has 1 aromatic carbocycles. The number of hydrogen-bond acceptors (Lipinski definition) is 2. The molecule has 1 heterocycles. The van der Waals surface area contributed by atoms with Gasteiger partial charge in [-0.25, -0.2) is 4.68 Å². The third-order valence-corrected chi connectivity index (χ3v) is 2.08. The summed E-state index contributed by atoms with van der Waals surface area (Å²) in [6.45, 7) is 2.14. The van der Waals surface area contributed by atoms with E-state index in [0.29, 0.717) is 0 Å². The highest BCUT2D eigenvalue weighted by molar-refractivity contribution is 5.74. The van der Waals surface area contributed by atoms with Crippen LogP contribution >= 0.6 is 0 Å². The maximum atomic E-state index is 4.04. The lowest BCUT2D eigenvalue weighted by Crippen LogP contribution is -1.89. The van der Waals surface area contributed by atoms with Crippen LogP contribution in [0.3, 0.4) is 0 Å². The van der Waals surface area contributed by atoms with Gasteiger partial charge in [0.05, 0.1) is 5.52 Å². The zero-order chi connectivity index (χ0) is 8.55. The first kappa shape index (κ1) is 7.28. The highest BCUT2D eigenvalue weighted by Gasteiger charge is 2.00. The molecule has 1 aromatic heterocycles. The van der Waals surface area contributed by atoms with Gasteiger partial charge in [-0.3, -0.25) is 0 Å². The summed E-state index contributed by atoms with van der Waals surface area (Å²) in [7, 11) is 1.90. The molecule has 0 unspecified atom stereocenters. The molecule has 2 rings (SSSR count). The Labute approximate surface area is 71.0 Å². The van der Waals surface area contributed by atoms with Crippen LogP contribution < -0.4 is 0 Å². The molecule has 3 nitrogen and oxygen atoms in total. The Kier molecular flexibility index (Phi) is 1.57. The Balaban J connectivity index is 2.69. The minimum absolute atomic E-state index is 0.983. The number of fused-ring (bicyclic) bond motifs is 1. The lowest BCUT2D eigenvalue weighted by Gasteiger charge is -1.95. The van der Waals surface area contributed by atoms with E-state index in [1.165, 1.54) is 5.56 Å². The van der Waals surface area contributed by atoms with Crippen LogP contribution in [0, 0.1) is 0 Å². The van der Waals surface area contributed by atoms with Crippen molar-refractivity contribution in [2.45, 2.75) is 13.3 Å². The maximum Gasteiger partial charge on any atom is 0.113 e. The predicted molar refractivity (Wildman–Crippen MR) is 47.9 cm³/mol. The van der Waals surface area contributed by atoms with Crippen LogP contribution in [0.25, 0.3) is 11.0 Å². The first-order valence-corrected chi connectivity index (χ1v) is 4.09. The van der Waals surface area contributed by atoms with E-state index in [1.807, 2.05) is 7.05 Å². The standard InChI is InChI=1S/C9H11N3/c1-3-7-4-5-9-8(6-7)10-11-12(9)2/h4-6H,3H2,1-2H3. The van der Waals surface area contributed by atoms with E-state index in [2.05, 4.69) is 35.4 Å². The molecular weight excluding hydrogens is 150 g/mol. The Hall–Kier alpha value is -1.38. The van der Waals surface area contributed by atoms with Crippen molar-refractivity contribution in [2.75, 3.05) is 0 Å². The van der Waals surface area contributed by atoms with Gasteiger partial charge in [-0.05, 0) is 24.1 Å². The molecule has 0 saturated heterocycles. The minimum Gasteiger partial charge on any atom is -0.248 e. The molecule has 3 heteroatoms. The molecule has 0 bridgehead atoms. The summed E-state index contributed by atoms with van der Waals surface area (Å²) in [6.07, 6.45) is 1.05. The summed E-state index contributed by atoms with van der Waals surface area (Å²) < 4.78 is 1.79. The lowest BCUT2D eigenvalue weighted by atomic mass is 10.1. The molecule has 0 aliphatic carbocycles. The van der Waals surface area contributed by atoms with Gasteiger partial charge in [-0.2, -0.15) is 0 Å². The molecule has 0 saturated carbocycles. The fourth-order valence-electron chi connectivity index (χ4n) is 1.31. The predicted octanol–water partition coefficient (Wildman–Crippen LogP) is 1.53. The van der Waals surface area contributed by atoms with Crippen LogP contribution in [0.2, 0.25) is 0 Å². The van der Waals surface area contributed by atoms with Crippen molar-refractivity contribution in [1.29, 1.82) is 0 Å². The summed E-state index contributed by atoms with van der Waals surface area (Å²) in [4.78, 5) is 0. The second-order valence-corrected chi connectivity index (χ2v) is 2.89. The van der Waals surface area contributed by atoms with Gasteiger partial charge in [0.2, 0.25) is 0 Å². The van der Waals surface area contributed by atoms with Gasteiger partial charge < -0.3 is 0 Å². The Morgan fingerprint density at radius 3 is 3.00 bits per heavy atom. The van der Waals surface area contributed by atoms with Crippen LogP contribution in [-0.4, -0.2) is 15.0 Å². The molecule has 0 radical (unpaired) electrons. The monoisotopic (exact) mass is 161 g/mol. The Bertz CT molecular complexity index is 403. The lowest BCUT2D eigenvalue weighted by molar-refractivity contribution is 0.736. The first-order valence-electron chi connectivity index (χ1n) is 4.09. The molecular formula is C9H11N3. The van der Waals surface area contributed by atoms with E-state index in [1.54, 1.807) is 4.68 Å². The quantitative estimate of drug-likeness (QED) is 0.635. The Morgan fingerprint density at radius 1 is 1.42 bits per heavy atom. The average molecular weight is 161 g/mol. The molecule has 2 aromatic rings. The fourth-order valence-corrected chi connectivity index (χ4v) is 1.31. The van der Waals surface area contributed by atoms with Crippen LogP contribution in [0.5, 0.6) is 0 Å². The summed E-state index contributed by atoms with van der Waals surface area (Å²) in [5.74, 6) is 0. The van der Waals surface area contributed by atoms with E-state index in [0.717, 1.165) is 17.5 Å². The first-order chi connectivity index (χ1) is 5.81. The number of benzene rings is 1. The van der Waals surface area contributed by atoms with Gasteiger partial charge in [-0.15, -0.1) is 5.10 Å². The summed E-state index contributed by atoms with van der Waals surface area (Å²) in [5, 5.41) is 7.98. The van der Waals surface area contributed by atoms with Gasteiger partial charge in [-0.1, -0.05) is 18.2 Å². The number of aryl methyl sites for hydroxylation is 2. The van der Waals surface area contributed by atoms with Gasteiger partial charge in [0.15, 0.2) is 0 Å².